The van der Waals surface area contributed by atoms with E-state index in [0.717, 1.165) is 19.3 Å². The summed E-state index contributed by atoms with van der Waals surface area (Å²) in [6.07, 6.45) is 10.8. The van der Waals surface area contributed by atoms with E-state index < -0.39 is 16.6 Å². The van der Waals surface area contributed by atoms with E-state index in [1.165, 1.54) is 5.57 Å². The average Bonchev–Trinajstić information content (AvgIpc) is 2.54. The van der Waals surface area contributed by atoms with Crippen LogP contribution in [0.1, 0.15) is 51.9 Å². The van der Waals surface area contributed by atoms with Gasteiger partial charge in [0.25, 0.3) is 0 Å². The van der Waals surface area contributed by atoms with Crippen molar-refractivity contribution in [1.29, 1.82) is 0 Å². The van der Waals surface area contributed by atoms with Crippen molar-refractivity contribution in [3.8, 4) is 0 Å². The van der Waals surface area contributed by atoms with Crippen LogP contribution in [-0.4, -0.2) is 21.4 Å². The van der Waals surface area contributed by atoms with E-state index in [-0.39, 0.29) is 0 Å². The molecule has 1 saturated carbocycles. The lowest BCUT2D eigenvalue weighted by molar-refractivity contribution is -0.155. The van der Waals surface area contributed by atoms with Crippen molar-refractivity contribution in [2.45, 2.75) is 63.1 Å². The molecule has 1 spiro atoms. The first-order valence-corrected chi connectivity index (χ1v) is 7.25. The molecule has 0 radical (unpaired) electrons. The minimum Gasteiger partial charge on any atom is -0.389 e. The van der Waals surface area contributed by atoms with Gasteiger partial charge in [-0.05, 0) is 51.9 Å². The zero-order chi connectivity index (χ0) is 14.1. The van der Waals surface area contributed by atoms with E-state index >= 15 is 0 Å². The first kappa shape index (κ1) is 14.5. The van der Waals surface area contributed by atoms with Gasteiger partial charge in [0.15, 0.2) is 0 Å². The summed E-state index contributed by atoms with van der Waals surface area (Å²) in [5, 5.41) is 22.3. The molecule has 106 valence electrons. The molecule has 2 aliphatic carbocycles. The Kier molecular flexibility index (Phi) is 3.76. The number of hydrogen-bond acceptors (Lipinski definition) is 2. The van der Waals surface area contributed by atoms with Crippen LogP contribution < -0.4 is 0 Å². The van der Waals surface area contributed by atoms with Crippen LogP contribution in [0.3, 0.4) is 0 Å². The highest BCUT2D eigenvalue weighted by Crippen LogP contribution is 2.62. The second-order valence-electron chi connectivity index (χ2n) is 6.40. The van der Waals surface area contributed by atoms with Crippen LogP contribution in [0.5, 0.6) is 0 Å². The van der Waals surface area contributed by atoms with E-state index in [4.69, 9.17) is 0 Å². The second-order valence-corrected chi connectivity index (χ2v) is 6.40. The summed E-state index contributed by atoms with van der Waals surface area (Å²) >= 11 is 0. The summed E-state index contributed by atoms with van der Waals surface area (Å²) < 4.78 is 0. The third-order valence-electron chi connectivity index (χ3n) is 5.34. The van der Waals surface area contributed by atoms with Crippen LogP contribution in [0.4, 0.5) is 0 Å². The number of hydrogen-bond donors (Lipinski definition) is 2. The molecule has 0 aromatic carbocycles. The molecule has 0 saturated heterocycles. The monoisotopic (exact) mass is 262 g/mol. The number of allylic oxidation sites excluding steroid dienone is 2. The van der Waals surface area contributed by atoms with Crippen molar-refractivity contribution in [3.63, 3.8) is 0 Å². The Labute approximate surface area is 116 Å². The third-order valence-corrected chi connectivity index (χ3v) is 5.34. The van der Waals surface area contributed by atoms with Crippen molar-refractivity contribution in [2.24, 2.45) is 5.41 Å². The molecular weight excluding hydrogens is 236 g/mol. The van der Waals surface area contributed by atoms with E-state index in [1.807, 2.05) is 0 Å². The molecule has 0 aromatic rings. The molecule has 2 aliphatic rings. The lowest BCUT2D eigenvalue weighted by Gasteiger charge is -2.51. The van der Waals surface area contributed by atoms with Gasteiger partial charge in [0.05, 0.1) is 11.2 Å². The molecule has 1 fully saturated rings. The Bertz CT molecular complexity index is 385. The number of rotatable bonds is 4. The first-order valence-electron chi connectivity index (χ1n) is 7.25. The van der Waals surface area contributed by atoms with E-state index in [1.54, 1.807) is 12.2 Å². The highest BCUT2D eigenvalue weighted by Gasteiger charge is 2.65. The van der Waals surface area contributed by atoms with Crippen LogP contribution in [0, 0.1) is 5.41 Å². The largest absolute Gasteiger partial charge is 0.389 e. The predicted molar refractivity (Wildman–Crippen MR) is 78.8 cm³/mol. The minimum absolute atomic E-state index is 0.443. The summed E-state index contributed by atoms with van der Waals surface area (Å²) in [5.41, 5.74) is -0.830. The summed E-state index contributed by atoms with van der Waals surface area (Å²) in [5.74, 6) is 0. The maximum Gasteiger partial charge on any atom is 0.0769 e. The average molecular weight is 262 g/mol. The van der Waals surface area contributed by atoms with Gasteiger partial charge in [-0.2, -0.15) is 0 Å². The quantitative estimate of drug-likeness (QED) is 0.761. The van der Waals surface area contributed by atoms with Gasteiger partial charge in [-0.1, -0.05) is 23.8 Å². The number of aliphatic hydroxyl groups is 2. The highest BCUT2D eigenvalue weighted by atomic mass is 16.3. The van der Waals surface area contributed by atoms with Gasteiger partial charge in [-0.15, -0.1) is 13.2 Å². The van der Waals surface area contributed by atoms with E-state index in [9.17, 15) is 10.2 Å². The Morgan fingerprint density at radius 2 is 1.63 bits per heavy atom. The highest BCUT2D eigenvalue weighted by molar-refractivity contribution is 5.25. The zero-order valence-corrected chi connectivity index (χ0v) is 12.0. The van der Waals surface area contributed by atoms with Crippen molar-refractivity contribution in [3.05, 3.63) is 37.0 Å². The second kappa shape index (κ2) is 4.92. The molecule has 1 unspecified atom stereocenters. The molecule has 3 atom stereocenters. The van der Waals surface area contributed by atoms with Crippen molar-refractivity contribution in [1.82, 2.24) is 0 Å². The predicted octanol–water partition coefficient (Wildman–Crippen LogP) is 3.51. The molecule has 0 bridgehead atoms. The summed E-state index contributed by atoms with van der Waals surface area (Å²) in [6.45, 7) is 9.67. The summed E-state index contributed by atoms with van der Waals surface area (Å²) in [6, 6.07) is 0. The molecule has 0 aromatic heterocycles. The van der Waals surface area contributed by atoms with Crippen LogP contribution in [0.2, 0.25) is 0 Å². The van der Waals surface area contributed by atoms with Crippen molar-refractivity contribution in [2.75, 3.05) is 0 Å². The molecular formula is C17H26O2. The van der Waals surface area contributed by atoms with Gasteiger partial charge >= 0.3 is 0 Å². The fourth-order valence-electron chi connectivity index (χ4n) is 4.39. The lowest BCUT2D eigenvalue weighted by Crippen LogP contribution is -2.56. The summed E-state index contributed by atoms with van der Waals surface area (Å²) in [4.78, 5) is 0. The topological polar surface area (TPSA) is 40.5 Å². The molecule has 2 nitrogen and oxygen atoms in total. The molecule has 2 heteroatoms. The van der Waals surface area contributed by atoms with E-state index in [2.05, 4.69) is 26.2 Å². The molecule has 2 N–H and O–H groups in total. The third kappa shape index (κ3) is 2.02. The van der Waals surface area contributed by atoms with Gasteiger partial charge in [0.1, 0.15) is 0 Å². The summed E-state index contributed by atoms with van der Waals surface area (Å²) in [7, 11) is 0. The Balaban J connectivity index is 2.47. The lowest BCUT2D eigenvalue weighted by atomic mass is 9.57. The van der Waals surface area contributed by atoms with Crippen LogP contribution in [-0.2, 0) is 0 Å². The normalized spacial score (nSPS) is 42.2. The molecule has 19 heavy (non-hydrogen) atoms. The smallest absolute Gasteiger partial charge is 0.0769 e. The van der Waals surface area contributed by atoms with Crippen molar-refractivity contribution < 1.29 is 10.2 Å². The van der Waals surface area contributed by atoms with Gasteiger partial charge in [0, 0.05) is 5.41 Å². The van der Waals surface area contributed by atoms with Crippen LogP contribution in [0.15, 0.2) is 37.0 Å². The van der Waals surface area contributed by atoms with Gasteiger partial charge in [0.2, 0.25) is 0 Å². The van der Waals surface area contributed by atoms with Gasteiger partial charge < -0.3 is 10.2 Å². The van der Waals surface area contributed by atoms with E-state index in [0.29, 0.717) is 25.7 Å². The SMILES string of the molecule is C=CC[C@@]1(O)CC[C@@](O)(CC=C)C12CCC=C(C)C2. The molecule has 0 aliphatic heterocycles. The Morgan fingerprint density at radius 1 is 1.11 bits per heavy atom. The Morgan fingerprint density at radius 3 is 2.05 bits per heavy atom. The van der Waals surface area contributed by atoms with Crippen molar-refractivity contribution >= 4 is 0 Å². The fourth-order valence-corrected chi connectivity index (χ4v) is 4.39. The minimum atomic E-state index is -0.831. The van der Waals surface area contributed by atoms with Gasteiger partial charge in [-0.3, -0.25) is 0 Å². The molecule has 0 heterocycles. The maximum absolute atomic E-state index is 11.2. The molecule has 2 rings (SSSR count). The maximum atomic E-state index is 11.2. The molecule has 0 amide bonds. The standard InChI is InChI=1S/C17H26O2/c1-4-8-16(18)11-12-17(19,9-5-2)15(16)10-6-7-14(3)13-15/h4-5,7,18-19H,1-2,6,8-13H2,3H3/t15?,16-,17+. The fraction of sp³-hybridized carbons (Fsp3) is 0.647. The van der Waals surface area contributed by atoms with Crippen LogP contribution >= 0.6 is 0 Å². The zero-order valence-electron chi connectivity index (χ0n) is 12.0. The first-order chi connectivity index (χ1) is 8.93. The van der Waals surface area contributed by atoms with Gasteiger partial charge in [-0.25, -0.2) is 0 Å². The Hall–Kier alpha value is -0.860. The van der Waals surface area contributed by atoms with Crippen LogP contribution in [0.25, 0.3) is 0 Å².